The van der Waals surface area contributed by atoms with E-state index < -0.39 is 23.0 Å². The van der Waals surface area contributed by atoms with Gasteiger partial charge < -0.3 is 24.7 Å². The number of nitrogens with one attached hydrogen (secondary N) is 2. The standard InChI is InChI=1S/C39H42F2N4O4/c1-38(2)16-6-17-39(3,25-8-5-7-24(19-25)9-14-35(47)48)33-22-43-37(44-33)29-20-26(10-12-30(29)40)49-36-28(11-13-34(46)45(4)23-38)27-15-18-42-32(27)21-31(36)41/h5,7-8,10,12,15,18-22,42H,6,9,11,13-14,16-17,23H2,1-4H3,(H,43,44)(H,47,48). The monoisotopic (exact) mass is 668 g/mol. The highest BCUT2D eigenvalue weighted by atomic mass is 19.1. The number of ether oxygens (including phenoxy) is 1. The van der Waals surface area contributed by atoms with E-state index in [0.29, 0.717) is 36.3 Å². The summed E-state index contributed by atoms with van der Waals surface area (Å²) in [7, 11) is 1.81. The predicted molar refractivity (Wildman–Crippen MR) is 185 cm³/mol. The topological polar surface area (TPSA) is 111 Å². The molecule has 3 N–H and O–H groups in total. The average molecular weight is 669 g/mol. The number of rotatable bonds is 4. The lowest BCUT2D eigenvalue weighted by Crippen LogP contribution is -2.36. The number of hydrogen-bond donors (Lipinski definition) is 3. The third-order valence-electron chi connectivity index (χ3n) is 9.85. The number of hydrogen-bond acceptors (Lipinski definition) is 4. The molecule has 4 bridgehead atoms. The molecule has 0 spiro atoms. The molecule has 3 aromatic carbocycles. The van der Waals surface area contributed by atoms with Gasteiger partial charge in [0.25, 0.3) is 0 Å². The first-order chi connectivity index (χ1) is 23.3. The number of carboxylic acids is 1. The molecule has 6 rings (SSSR count). The fourth-order valence-corrected chi connectivity index (χ4v) is 7.10. The summed E-state index contributed by atoms with van der Waals surface area (Å²) in [4.78, 5) is 37.6. The van der Waals surface area contributed by atoms with E-state index in [-0.39, 0.29) is 47.6 Å². The Morgan fingerprint density at radius 1 is 1.04 bits per heavy atom. The van der Waals surface area contributed by atoms with Crippen molar-refractivity contribution in [3.8, 4) is 22.9 Å². The van der Waals surface area contributed by atoms with Crippen LogP contribution >= 0.6 is 0 Å². The van der Waals surface area contributed by atoms with Crippen LogP contribution in [0.5, 0.6) is 11.5 Å². The fourth-order valence-electron chi connectivity index (χ4n) is 7.10. The van der Waals surface area contributed by atoms with Crippen LogP contribution in [0.2, 0.25) is 0 Å². The maximum absolute atomic E-state index is 15.7. The van der Waals surface area contributed by atoms with Crippen molar-refractivity contribution in [3.05, 3.63) is 101 Å². The summed E-state index contributed by atoms with van der Waals surface area (Å²) in [6.45, 7) is 6.95. The minimum absolute atomic E-state index is 0.00570. The summed E-state index contributed by atoms with van der Waals surface area (Å²) in [5.41, 5.74) is 3.21. The van der Waals surface area contributed by atoms with E-state index in [9.17, 15) is 14.7 Å². The number of amides is 1. The first kappa shape index (κ1) is 33.9. The number of H-pyrrole nitrogens is 2. The van der Waals surface area contributed by atoms with Gasteiger partial charge in [0, 0.05) is 72.5 Å². The van der Waals surface area contributed by atoms with E-state index in [1.807, 2.05) is 30.3 Å². The van der Waals surface area contributed by atoms with Crippen LogP contribution in [0.4, 0.5) is 8.78 Å². The average Bonchev–Trinajstić information content (AvgIpc) is 3.74. The Labute approximate surface area is 284 Å². The zero-order valence-electron chi connectivity index (χ0n) is 28.3. The maximum Gasteiger partial charge on any atom is 0.303 e. The van der Waals surface area contributed by atoms with E-state index >= 15 is 8.78 Å². The van der Waals surface area contributed by atoms with Gasteiger partial charge in [0.1, 0.15) is 17.4 Å². The molecule has 2 aromatic heterocycles. The second kappa shape index (κ2) is 13.5. The second-order valence-electron chi connectivity index (χ2n) is 14.2. The van der Waals surface area contributed by atoms with Crippen LogP contribution in [0.25, 0.3) is 22.3 Å². The van der Waals surface area contributed by atoms with Crippen LogP contribution < -0.4 is 4.74 Å². The highest BCUT2D eigenvalue weighted by Crippen LogP contribution is 2.41. The minimum atomic E-state index is -0.857. The number of benzene rings is 3. The summed E-state index contributed by atoms with van der Waals surface area (Å²) in [5, 5.41) is 10.0. The molecule has 0 saturated carbocycles. The molecule has 3 heterocycles. The third kappa shape index (κ3) is 7.23. The molecular formula is C39H42F2N4O4. The minimum Gasteiger partial charge on any atom is -0.481 e. The third-order valence-corrected chi connectivity index (χ3v) is 9.85. The van der Waals surface area contributed by atoms with Crippen LogP contribution in [-0.2, 0) is 27.8 Å². The zero-order chi connectivity index (χ0) is 34.9. The van der Waals surface area contributed by atoms with E-state index in [1.54, 1.807) is 24.3 Å². The summed E-state index contributed by atoms with van der Waals surface area (Å²) in [6, 6.07) is 15.4. The number of carboxylic acid groups (broad SMARTS) is 1. The molecule has 10 heteroatoms. The van der Waals surface area contributed by atoms with E-state index in [1.165, 1.54) is 24.3 Å². The Balaban J connectivity index is 1.45. The molecule has 5 aromatic rings. The van der Waals surface area contributed by atoms with E-state index in [4.69, 9.17) is 4.74 Å². The molecule has 1 amide bonds. The van der Waals surface area contributed by atoms with Gasteiger partial charge in [0.2, 0.25) is 5.91 Å². The van der Waals surface area contributed by atoms with Crippen molar-refractivity contribution in [3.63, 3.8) is 0 Å². The Kier molecular flexibility index (Phi) is 9.33. The molecule has 0 saturated heterocycles. The summed E-state index contributed by atoms with van der Waals surface area (Å²) < 4.78 is 37.3. The zero-order valence-corrected chi connectivity index (χ0v) is 28.3. The van der Waals surface area contributed by atoms with Crippen molar-refractivity contribution in [1.82, 2.24) is 19.9 Å². The first-order valence-electron chi connectivity index (χ1n) is 16.7. The van der Waals surface area contributed by atoms with Gasteiger partial charge in [-0.25, -0.2) is 13.8 Å². The number of aromatic amines is 2. The van der Waals surface area contributed by atoms with Crippen LogP contribution in [0, 0.1) is 17.0 Å². The van der Waals surface area contributed by atoms with Gasteiger partial charge in [-0.3, -0.25) is 9.59 Å². The van der Waals surface area contributed by atoms with Gasteiger partial charge in [0.15, 0.2) is 11.6 Å². The van der Waals surface area contributed by atoms with Crippen LogP contribution in [0.3, 0.4) is 0 Å². The molecule has 1 atom stereocenters. The van der Waals surface area contributed by atoms with Crippen LogP contribution in [0.1, 0.15) is 75.3 Å². The number of halogens is 2. The number of nitrogens with zero attached hydrogens (tertiary/aromatic N) is 2. The lowest BCUT2D eigenvalue weighted by atomic mass is 9.73. The summed E-state index contributed by atoms with van der Waals surface area (Å²) >= 11 is 0. The van der Waals surface area contributed by atoms with E-state index in [0.717, 1.165) is 35.0 Å². The SMILES string of the molecule is CN1CC(C)(C)CCCC(C)(c2cccc(CCC(=O)O)c2)c2cnc([nH]2)-c2cc(ccc2F)Oc2c(F)cc3[nH]ccc3c2CCC1=O. The van der Waals surface area contributed by atoms with Gasteiger partial charge in [-0.2, -0.15) is 0 Å². The Morgan fingerprint density at radius 2 is 1.86 bits per heavy atom. The van der Waals surface area contributed by atoms with Crippen molar-refractivity contribution in [2.75, 3.05) is 13.6 Å². The van der Waals surface area contributed by atoms with Crippen LogP contribution in [0.15, 0.2) is 67.0 Å². The van der Waals surface area contributed by atoms with E-state index in [2.05, 4.69) is 35.7 Å². The maximum atomic E-state index is 15.7. The quantitative estimate of drug-likeness (QED) is 0.178. The molecule has 1 unspecified atom stereocenters. The van der Waals surface area contributed by atoms with Crippen molar-refractivity contribution >= 4 is 22.8 Å². The van der Waals surface area contributed by atoms with Crippen molar-refractivity contribution in [1.29, 1.82) is 0 Å². The molecule has 0 fully saturated rings. The first-order valence-corrected chi connectivity index (χ1v) is 16.7. The molecule has 0 aliphatic carbocycles. The number of carbonyl (C=O) groups is 2. The van der Waals surface area contributed by atoms with Gasteiger partial charge in [-0.1, -0.05) is 44.5 Å². The Morgan fingerprint density at radius 3 is 2.65 bits per heavy atom. The highest BCUT2D eigenvalue weighted by molar-refractivity contribution is 5.86. The normalized spacial score (nSPS) is 18.7. The van der Waals surface area contributed by atoms with Crippen molar-refractivity contribution in [2.45, 2.75) is 71.1 Å². The molecule has 1 aliphatic rings. The molecule has 8 nitrogen and oxygen atoms in total. The number of aliphatic carboxylic acids is 1. The smallest absolute Gasteiger partial charge is 0.303 e. The Hall–Kier alpha value is -4.99. The van der Waals surface area contributed by atoms with Gasteiger partial charge in [-0.05, 0) is 73.4 Å². The van der Waals surface area contributed by atoms with Crippen LogP contribution in [-0.4, -0.2) is 50.4 Å². The van der Waals surface area contributed by atoms with Gasteiger partial charge >= 0.3 is 5.97 Å². The summed E-state index contributed by atoms with van der Waals surface area (Å²) in [6.07, 6.45) is 6.63. The summed E-state index contributed by atoms with van der Waals surface area (Å²) in [5.74, 6) is -1.50. The molecule has 49 heavy (non-hydrogen) atoms. The molecule has 256 valence electrons. The number of aryl methyl sites for hydroxylation is 2. The van der Waals surface area contributed by atoms with Crippen molar-refractivity contribution < 1.29 is 28.2 Å². The fraction of sp³-hybridized carbons (Fsp3) is 0.359. The van der Waals surface area contributed by atoms with Gasteiger partial charge in [0.05, 0.1) is 5.56 Å². The lowest BCUT2D eigenvalue weighted by molar-refractivity contribution is -0.137. The lowest BCUT2D eigenvalue weighted by Gasteiger charge is -2.34. The Bertz CT molecular complexity index is 2020. The molecular weight excluding hydrogens is 626 g/mol. The number of imidazole rings is 1. The number of fused-ring (bicyclic) bond motifs is 8. The number of carbonyl (C=O) groups excluding carboxylic acids is 1. The van der Waals surface area contributed by atoms with Gasteiger partial charge in [-0.15, -0.1) is 0 Å². The van der Waals surface area contributed by atoms with Crippen molar-refractivity contribution in [2.24, 2.45) is 5.41 Å². The highest BCUT2D eigenvalue weighted by Gasteiger charge is 2.33. The molecule has 0 radical (unpaired) electrons. The predicted octanol–water partition coefficient (Wildman–Crippen LogP) is 8.55. The largest absolute Gasteiger partial charge is 0.481 e. The second-order valence-corrected chi connectivity index (χ2v) is 14.2. The number of aromatic nitrogens is 3. The molecule has 1 aliphatic heterocycles.